The van der Waals surface area contributed by atoms with Gasteiger partial charge in [-0.15, -0.1) is 0 Å². The van der Waals surface area contributed by atoms with Crippen LogP contribution in [0.2, 0.25) is 10.0 Å². The van der Waals surface area contributed by atoms with E-state index in [4.69, 9.17) is 33.7 Å². The van der Waals surface area contributed by atoms with Gasteiger partial charge >= 0.3 is 0 Å². The number of morpholine rings is 1. The Bertz CT molecular complexity index is 445. The van der Waals surface area contributed by atoms with E-state index in [0.717, 1.165) is 31.9 Å². The maximum Gasteiger partial charge on any atom is 0.0594 e. The Kier molecular flexibility index (Phi) is 4.75. The summed E-state index contributed by atoms with van der Waals surface area (Å²) in [5, 5.41) is 1.32. The highest BCUT2D eigenvalue weighted by molar-refractivity contribution is 6.33. The van der Waals surface area contributed by atoms with Gasteiger partial charge in [-0.05, 0) is 37.6 Å². The molecule has 1 fully saturated rings. The van der Waals surface area contributed by atoms with Gasteiger partial charge in [0.15, 0.2) is 0 Å². The van der Waals surface area contributed by atoms with Crippen LogP contribution in [0.1, 0.15) is 25.5 Å². The molecule has 0 bridgehead atoms. The van der Waals surface area contributed by atoms with Crippen LogP contribution in [0.4, 0.5) is 0 Å². The Morgan fingerprint density at radius 2 is 1.89 bits per heavy atom. The zero-order valence-electron chi connectivity index (χ0n) is 11.3. The SMILES string of the molecule is CC(C)(C(N)c1cc(Cl)ccc1Cl)N1CCOCC1. The molecule has 1 aromatic rings. The fraction of sp³-hybridized carbons (Fsp3) is 0.571. The van der Waals surface area contributed by atoms with Gasteiger partial charge in [0.05, 0.1) is 13.2 Å². The van der Waals surface area contributed by atoms with Crippen molar-refractivity contribution in [2.75, 3.05) is 26.3 Å². The van der Waals surface area contributed by atoms with Crippen LogP contribution in [0.25, 0.3) is 0 Å². The molecule has 0 aliphatic carbocycles. The van der Waals surface area contributed by atoms with Crippen molar-refractivity contribution in [1.82, 2.24) is 4.90 Å². The molecule has 2 rings (SSSR count). The van der Waals surface area contributed by atoms with Gasteiger partial charge in [0.25, 0.3) is 0 Å². The molecule has 1 aliphatic heterocycles. The molecule has 1 unspecified atom stereocenters. The molecule has 1 saturated heterocycles. The molecule has 1 aromatic carbocycles. The zero-order valence-corrected chi connectivity index (χ0v) is 12.8. The fourth-order valence-electron chi connectivity index (χ4n) is 2.47. The molecule has 0 amide bonds. The highest BCUT2D eigenvalue weighted by Gasteiger charge is 2.35. The number of nitrogens with two attached hydrogens (primary N) is 1. The molecule has 1 atom stereocenters. The average molecular weight is 303 g/mol. The summed E-state index contributed by atoms with van der Waals surface area (Å²) < 4.78 is 5.39. The number of nitrogens with zero attached hydrogens (tertiary/aromatic N) is 1. The molecule has 0 radical (unpaired) electrons. The maximum atomic E-state index is 6.45. The van der Waals surface area contributed by atoms with Crippen molar-refractivity contribution in [3.8, 4) is 0 Å². The molecule has 1 heterocycles. The van der Waals surface area contributed by atoms with Crippen molar-refractivity contribution in [3.63, 3.8) is 0 Å². The van der Waals surface area contributed by atoms with Crippen LogP contribution >= 0.6 is 23.2 Å². The van der Waals surface area contributed by atoms with Crippen molar-refractivity contribution >= 4 is 23.2 Å². The first-order valence-corrected chi connectivity index (χ1v) is 7.22. The highest BCUT2D eigenvalue weighted by Crippen LogP contribution is 2.34. The van der Waals surface area contributed by atoms with Crippen LogP contribution in [-0.2, 0) is 4.74 Å². The van der Waals surface area contributed by atoms with Crippen LogP contribution < -0.4 is 5.73 Å². The largest absolute Gasteiger partial charge is 0.379 e. The standard InChI is InChI=1S/C14H20Cl2N2O/c1-14(2,18-5-7-19-8-6-18)13(17)11-9-10(15)3-4-12(11)16/h3-4,9,13H,5-8,17H2,1-2H3. The molecule has 0 aromatic heterocycles. The average Bonchev–Trinajstić information content (AvgIpc) is 2.41. The summed E-state index contributed by atoms with van der Waals surface area (Å²) in [4.78, 5) is 2.35. The Labute approximate surface area is 124 Å². The lowest BCUT2D eigenvalue weighted by molar-refractivity contribution is -0.0190. The molecule has 0 saturated carbocycles. The third kappa shape index (κ3) is 3.23. The van der Waals surface area contributed by atoms with Gasteiger partial charge in [0, 0.05) is 34.7 Å². The molecule has 3 nitrogen and oxygen atoms in total. The lowest BCUT2D eigenvalue weighted by atomic mass is 9.87. The molecule has 1 aliphatic rings. The predicted molar refractivity (Wildman–Crippen MR) is 79.9 cm³/mol. The smallest absolute Gasteiger partial charge is 0.0594 e. The van der Waals surface area contributed by atoms with Crippen LogP contribution in [0.15, 0.2) is 18.2 Å². The number of rotatable bonds is 3. The first-order valence-electron chi connectivity index (χ1n) is 6.46. The van der Waals surface area contributed by atoms with E-state index in [1.807, 2.05) is 6.07 Å². The van der Waals surface area contributed by atoms with Crippen molar-refractivity contribution in [2.24, 2.45) is 5.73 Å². The minimum absolute atomic E-state index is 0.196. The van der Waals surface area contributed by atoms with E-state index in [1.54, 1.807) is 12.1 Å². The molecule has 5 heteroatoms. The monoisotopic (exact) mass is 302 g/mol. The second-order valence-electron chi connectivity index (χ2n) is 5.40. The van der Waals surface area contributed by atoms with E-state index in [2.05, 4.69) is 18.7 Å². The number of hydrogen-bond donors (Lipinski definition) is 1. The first kappa shape index (κ1) is 15.1. The van der Waals surface area contributed by atoms with Gasteiger partial charge < -0.3 is 10.5 Å². The summed E-state index contributed by atoms with van der Waals surface area (Å²) in [6.45, 7) is 7.55. The zero-order chi connectivity index (χ0) is 14.0. The molecule has 106 valence electrons. The normalized spacial score (nSPS) is 19.4. The molecule has 19 heavy (non-hydrogen) atoms. The first-order chi connectivity index (χ1) is 8.93. The Morgan fingerprint density at radius 3 is 2.53 bits per heavy atom. The molecular formula is C14H20Cl2N2O. The van der Waals surface area contributed by atoms with E-state index in [-0.39, 0.29) is 11.6 Å². The lowest BCUT2D eigenvalue weighted by Gasteiger charge is -2.44. The number of hydrogen-bond acceptors (Lipinski definition) is 3. The van der Waals surface area contributed by atoms with Crippen LogP contribution in [0.5, 0.6) is 0 Å². The second kappa shape index (κ2) is 5.98. The Balaban J connectivity index is 2.25. The topological polar surface area (TPSA) is 38.5 Å². The third-order valence-corrected chi connectivity index (χ3v) is 4.46. The lowest BCUT2D eigenvalue weighted by Crippen LogP contribution is -2.55. The predicted octanol–water partition coefficient (Wildman–Crippen LogP) is 3.10. The van der Waals surface area contributed by atoms with Crippen LogP contribution in [0, 0.1) is 0 Å². The van der Waals surface area contributed by atoms with Gasteiger partial charge in [-0.25, -0.2) is 0 Å². The minimum atomic E-state index is -0.197. The van der Waals surface area contributed by atoms with E-state index in [1.165, 1.54) is 0 Å². The van der Waals surface area contributed by atoms with Gasteiger partial charge in [0.1, 0.15) is 0 Å². The number of halogens is 2. The van der Waals surface area contributed by atoms with Gasteiger partial charge in [-0.2, -0.15) is 0 Å². The summed E-state index contributed by atoms with van der Waals surface area (Å²) in [5.41, 5.74) is 7.15. The van der Waals surface area contributed by atoms with Gasteiger partial charge in [0.2, 0.25) is 0 Å². The second-order valence-corrected chi connectivity index (χ2v) is 6.24. The van der Waals surface area contributed by atoms with Crippen LogP contribution in [-0.4, -0.2) is 36.7 Å². The summed E-state index contributed by atoms with van der Waals surface area (Å²) in [6.07, 6.45) is 0. The summed E-state index contributed by atoms with van der Waals surface area (Å²) >= 11 is 12.3. The van der Waals surface area contributed by atoms with Crippen molar-refractivity contribution < 1.29 is 4.74 Å². The number of ether oxygens (including phenoxy) is 1. The van der Waals surface area contributed by atoms with E-state index in [9.17, 15) is 0 Å². The Hall–Kier alpha value is -0.320. The fourth-order valence-corrected chi connectivity index (χ4v) is 2.89. The molecular weight excluding hydrogens is 283 g/mol. The van der Waals surface area contributed by atoms with E-state index in [0.29, 0.717) is 10.0 Å². The quantitative estimate of drug-likeness (QED) is 0.932. The van der Waals surface area contributed by atoms with Gasteiger partial charge in [-0.1, -0.05) is 23.2 Å². The number of benzene rings is 1. The van der Waals surface area contributed by atoms with Crippen LogP contribution in [0.3, 0.4) is 0 Å². The van der Waals surface area contributed by atoms with Crippen molar-refractivity contribution in [1.29, 1.82) is 0 Å². The Morgan fingerprint density at radius 1 is 1.26 bits per heavy atom. The molecule has 2 N–H and O–H groups in total. The maximum absolute atomic E-state index is 6.45. The summed E-state index contributed by atoms with van der Waals surface area (Å²) in [6, 6.07) is 5.24. The van der Waals surface area contributed by atoms with E-state index < -0.39 is 0 Å². The minimum Gasteiger partial charge on any atom is -0.379 e. The van der Waals surface area contributed by atoms with Crippen molar-refractivity contribution in [2.45, 2.75) is 25.4 Å². The summed E-state index contributed by atoms with van der Waals surface area (Å²) in [5.74, 6) is 0. The summed E-state index contributed by atoms with van der Waals surface area (Å²) in [7, 11) is 0. The van der Waals surface area contributed by atoms with Crippen molar-refractivity contribution in [3.05, 3.63) is 33.8 Å². The highest BCUT2D eigenvalue weighted by atomic mass is 35.5. The third-order valence-electron chi connectivity index (χ3n) is 3.88. The van der Waals surface area contributed by atoms with E-state index >= 15 is 0 Å². The molecule has 0 spiro atoms. The van der Waals surface area contributed by atoms with Gasteiger partial charge in [-0.3, -0.25) is 4.90 Å².